The van der Waals surface area contributed by atoms with Crippen LogP contribution in [0.3, 0.4) is 0 Å². The van der Waals surface area contributed by atoms with Gasteiger partial charge < -0.3 is 10.0 Å². The lowest BCUT2D eigenvalue weighted by Crippen LogP contribution is -2.48. The number of rotatable bonds is 3. The van der Waals surface area contributed by atoms with E-state index in [-0.39, 0.29) is 12.0 Å². The quantitative estimate of drug-likeness (QED) is 0.889. The number of carbonyl (C=O) groups is 1. The lowest BCUT2D eigenvalue weighted by molar-refractivity contribution is -0.138. The van der Waals surface area contributed by atoms with Gasteiger partial charge in [0.2, 0.25) is 5.95 Å². The molecule has 0 spiro atoms. The Morgan fingerprint density at radius 2 is 1.75 bits per heavy atom. The van der Waals surface area contributed by atoms with Crippen molar-refractivity contribution in [2.75, 3.05) is 37.6 Å². The van der Waals surface area contributed by atoms with Crippen LogP contribution in [0.1, 0.15) is 26.3 Å². The molecule has 1 aromatic heterocycles. The van der Waals surface area contributed by atoms with Gasteiger partial charge in [-0.05, 0) is 11.0 Å². The van der Waals surface area contributed by atoms with Crippen LogP contribution in [0.25, 0.3) is 0 Å². The van der Waals surface area contributed by atoms with Crippen molar-refractivity contribution < 1.29 is 9.90 Å². The summed E-state index contributed by atoms with van der Waals surface area (Å²) in [7, 11) is 0. The lowest BCUT2D eigenvalue weighted by atomic mass is 9.89. The van der Waals surface area contributed by atoms with Crippen LogP contribution in [0.4, 0.5) is 5.95 Å². The van der Waals surface area contributed by atoms with Gasteiger partial charge in [-0.25, -0.2) is 9.97 Å². The Balaban J connectivity index is 1.95. The number of hydrogen-bond acceptors (Lipinski definition) is 5. The molecule has 1 N–H and O–H groups in total. The second-order valence-electron chi connectivity index (χ2n) is 6.18. The summed E-state index contributed by atoms with van der Waals surface area (Å²) in [5.41, 5.74) is 1.17. The molecule has 0 amide bonds. The van der Waals surface area contributed by atoms with Gasteiger partial charge >= 0.3 is 5.97 Å². The third kappa shape index (κ3) is 3.66. The number of carboxylic acid groups (broad SMARTS) is 1. The minimum Gasteiger partial charge on any atom is -0.480 e. The molecule has 0 saturated carbocycles. The fourth-order valence-corrected chi connectivity index (χ4v) is 2.17. The summed E-state index contributed by atoms with van der Waals surface area (Å²) in [5.74, 6) is -0.0443. The number of aromatic nitrogens is 2. The summed E-state index contributed by atoms with van der Waals surface area (Å²) < 4.78 is 0. The number of hydrogen-bond donors (Lipinski definition) is 1. The van der Waals surface area contributed by atoms with E-state index in [4.69, 9.17) is 5.11 Å². The molecule has 0 bridgehead atoms. The Hall–Kier alpha value is -1.69. The maximum Gasteiger partial charge on any atom is 0.317 e. The molecule has 0 atom stereocenters. The maximum atomic E-state index is 10.7. The second-order valence-corrected chi connectivity index (χ2v) is 6.18. The van der Waals surface area contributed by atoms with Crippen LogP contribution in [-0.4, -0.2) is 58.7 Å². The summed E-state index contributed by atoms with van der Waals surface area (Å²) in [6, 6.07) is 0. The number of aliphatic carboxylic acids is 1. The zero-order valence-corrected chi connectivity index (χ0v) is 12.3. The highest BCUT2D eigenvalue weighted by molar-refractivity contribution is 5.69. The van der Waals surface area contributed by atoms with Crippen molar-refractivity contribution in [1.29, 1.82) is 0 Å². The fraction of sp³-hybridized carbons (Fsp3) is 0.643. The minimum absolute atomic E-state index is 0.0543. The van der Waals surface area contributed by atoms with Gasteiger partial charge in [0.15, 0.2) is 0 Å². The standard InChI is InChI=1S/C14H22N4O2/c1-14(2,3)11-8-15-13(16-9-11)18-6-4-17(5-7-18)10-12(19)20/h8-9H,4-7,10H2,1-3H3,(H,19,20). The first-order valence-electron chi connectivity index (χ1n) is 6.88. The van der Waals surface area contributed by atoms with Crippen molar-refractivity contribution in [3.05, 3.63) is 18.0 Å². The molecule has 110 valence electrons. The molecule has 0 aliphatic carbocycles. The molecule has 0 aromatic carbocycles. The average molecular weight is 278 g/mol. The van der Waals surface area contributed by atoms with Crippen molar-refractivity contribution in [2.24, 2.45) is 0 Å². The molecule has 0 unspecified atom stereocenters. The van der Waals surface area contributed by atoms with E-state index < -0.39 is 5.97 Å². The van der Waals surface area contributed by atoms with E-state index in [1.807, 2.05) is 17.3 Å². The smallest absolute Gasteiger partial charge is 0.317 e. The Bertz CT molecular complexity index is 459. The summed E-state index contributed by atoms with van der Waals surface area (Å²) >= 11 is 0. The van der Waals surface area contributed by atoms with E-state index in [1.165, 1.54) is 0 Å². The molecule has 1 aliphatic heterocycles. The van der Waals surface area contributed by atoms with Gasteiger partial charge in [0.05, 0.1) is 6.54 Å². The van der Waals surface area contributed by atoms with Gasteiger partial charge in [-0.3, -0.25) is 9.69 Å². The second kappa shape index (κ2) is 5.75. The first kappa shape index (κ1) is 14.7. The highest BCUT2D eigenvalue weighted by atomic mass is 16.4. The van der Waals surface area contributed by atoms with Gasteiger partial charge in [-0.2, -0.15) is 0 Å². The first-order chi connectivity index (χ1) is 9.36. The molecular weight excluding hydrogens is 256 g/mol. The van der Waals surface area contributed by atoms with Crippen molar-refractivity contribution in [2.45, 2.75) is 26.2 Å². The molecule has 1 aliphatic rings. The Morgan fingerprint density at radius 1 is 1.20 bits per heavy atom. The van der Waals surface area contributed by atoms with E-state index in [0.29, 0.717) is 0 Å². The molecule has 20 heavy (non-hydrogen) atoms. The van der Waals surface area contributed by atoms with Gasteiger partial charge in [-0.1, -0.05) is 20.8 Å². The summed E-state index contributed by atoms with van der Waals surface area (Å²) in [6.45, 7) is 9.51. The first-order valence-corrected chi connectivity index (χ1v) is 6.88. The number of piperazine rings is 1. The SMILES string of the molecule is CC(C)(C)c1cnc(N2CCN(CC(=O)O)CC2)nc1. The average Bonchev–Trinajstić information content (AvgIpc) is 2.38. The predicted octanol–water partition coefficient (Wildman–Crippen LogP) is 0.981. The summed E-state index contributed by atoms with van der Waals surface area (Å²) in [4.78, 5) is 23.6. The van der Waals surface area contributed by atoms with E-state index in [9.17, 15) is 4.79 Å². The molecule has 2 heterocycles. The Kier molecular flexibility index (Phi) is 4.23. The zero-order chi connectivity index (χ0) is 14.8. The highest BCUT2D eigenvalue weighted by Crippen LogP contribution is 2.21. The third-order valence-electron chi connectivity index (χ3n) is 3.52. The highest BCUT2D eigenvalue weighted by Gasteiger charge is 2.21. The monoisotopic (exact) mass is 278 g/mol. The number of carboxylic acids is 1. The molecule has 6 heteroatoms. The van der Waals surface area contributed by atoms with Crippen LogP contribution in [-0.2, 0) is 10.2 Å². The van der Waals surface area contributed by atoms with Gasteiger partial charge in [-0.15, -0.1) is 0 Å². The Morgan fingerprint density at radius 3 is 2.20 bits per heavy atom. The third-order valence-corrected chi connectivity index (χ3v) is 3.52. The van der Waals surface area contributed by atoms with Crippen LogP contribution in [0.5, 0.6) is 0 Å². The number of anilines is 1. The van der Waals surface area contributed by atoms with Crippen LogP contribution in [0, 0.1) is 0 Å². The van der Waals surface area contributed by atoms with E-state index in [1.54, 1.807) is 0 Å². The summed E-state index contributed by atoms with van der Waals surface area (Å²) in [6.07, 6.45) is 3.76. The Labute approximate surface area is 119 Å². The predicted molar refractivity (Wildman–Crippen MR) is 77.0 cm³/mol. The van der Waals surface area contributed by atoms with E-state index in [0.717, 1.165) is 37.7 Å². The lowest BCUT2D eigenvalue weighted by Gasteiger charge is -2.33. The van der Waals surface area contributed by atoms with Crippen LogP contribution in [0.15, 0.2) is 12.4 Å². The topological polar surface area (TPSA) is 69.6 Å². The molecule has 1 saturated heterocycles. The molecule has 6 nitrogen and oxygen atoms in total. The molecule has 1 fully saturated rings. The van der Waals surface area contributed by atoms with Gasteiger partial charge in [0.1, 0.15) is 0 Å². The van der Waals surface area contributed by atoms with Gasteiger partial charge in [0, 0.05) is 38.6 Å². The normalized spacial score (nSPS) is 17.2. The number of nitrogens with zero attached hydrogens (tertiary/aromatic N) is 4. The van der Waals surface area contributed by atoms with Crippen molar-refractivity contribution in [3.8, 4) is 0 Å². The molecule has 0 radical (unpaired) electrons. The maximum absolute atomic E-state index is 10.7. The van der Waals surface area contributed by atoms with Crippen molar-refractivity contribution >= 4 is 11.9 Å². The van der Waals surface area contributed by atoms with E-state index in [2.05, 4.69) is 35.6 Å². The molecule has 2 rings (SSSR count). The minimum atomic E-state index is -0.774. The fourth-order valence-electron chi connectivity index (χ4n) is 2.17. The van der Waals surface area contributed by atoms with Crippen LogP contribution < -0.4 is 4.90 Å². The van der Waals surface area contributed by atoms with Crippen molar-refractivity contribution in [3.63, 3.8) is 0 Å². The van der Waals surface area contributed by atoms with Crippen LogP contribution in [0.2, 0.25) is 0 Å². The molecular formula is C14H22N4O2. The largest absolute Gasteiger partial charge is 0.480 e. The van der Waals surface area contributed by atoms with Gasteiger partial charge in [0.25, 0.3) is 0 Å². The van der Waals surface area contributed by atoms with Crippen LogP contribution >= 0.6 is 0 Å². The van der Waals surface area contributed by atoms with Crippen molar-refractivity contribution in [1.82, 2.24) is 14.9 Å². The summed E-state index contributed by atoms with van der Waals surface area (Å²) in [5, 5.41) is 8.78. The van der Waals surface area contributed by atoms with E-state index >= 15 is 0 Å². The zero-order valence-electron chi connectivity index (χ0n) is 12.3. The molecule has 1 aromatic rings.